The van der Waals surface area contributed by atoms with Gasteiger partial charge in [0.1, 0.15) is 12.2 Å². The molecule has 0 unspecified atom stereocenters. The van der Waals surface area contributed by atoms with Crippen molar-refractivity contribution in [3.8, 4) is 0 Å². The van der Waals surface area contributed by atoms with Crippen LogP contribution in [-0.4, -0.2) is 58.6 Å². The molecular weight excluding hydrogens is 200 g/mol. The normalized spacial score (nSPS) is 43.4. The third-order valence-corrected chi connectivity index (χ3v) is 3.16. The van der Waals surface area contributed by atoms with E-state index >= 15 is 0 Å². The predicted octanol–water partition coefficient (Wildman–Crippen LogP) is -1.12. The molecule has 1 saturated carbocycles. The van der Waals surface area contributed by atoms with Crippen molar-refractivity contribution in [3.05, 3.63) is 0 Å². The SMILES string of the molecule is CO[C@H]1CCC[C@H](CO)[C@H](O)[C@@H](O)[C@@H]1O. The van der Waals surface area contributed by atoms with Crippen molar-refractivity contribution in [2.45, 2.75) is 43.7 Å². The minimum Gasteiger partial charge on any atom is -0.396 e. The Morgan fingerprint density at radius 2 is 1.73 bits per heavy atom. The molecule has 0 aromatic carbocycles. The van der Waals surface area contributed by atoms with Crippen molar-refractivity contribution in [2.24, 2.45) is 5.92 Å². The zero-order chi connectivity index (χ0) is 11.4. The van der Waals surface area contributed by atoms with Gasteiger partial charge in [-0.2, -0.15) is 0 Å². The molecule has 15 heavy (non-hydrogen) atoms. The second-order valence-electron chi connectivity index (χ2n) is 4.12. The van der Waals surface area contributed by atoms with Crippen LogP contribution in [0.3, 0.4) is 0 Å². The Bertz CT molecular complexity index is 169. The van der Waals surface area contributed by atoms with Gasteiger partial charge in [-0.05, 0) is 12.8 Å². The molecule has 5 atom stereocenters. The number of hydrogen-bond acceptors (Lipinski definition) is 5. The van der Waals surface area contributed by atoms with Crippen LogP contribution in [0.25, 0.3) is 0 Å². The average molecular weight is 220 g/mol. The van der Waals surface area contributed by atoms with E-state index in [1.54, 1.807) is 0 Å². The summed E-state index contributed by atoms with van der Waals surface area (Å²) in [6.07, 6.45) is -1.90. The molecule has 0 spiro atoms. The Labute approximate surface area is 89.3 Å². The Morgan fingerprint density at radius 1 is 1.07 bits per heavy atom. The van der Waals surface area contributed by atoms with E-state index in [1.165, 1.54) is 7.11 Å². The molecular formula is C10H20O5. The highest BCUT2D eigenvalue weighted by molar-refractivity contribution is 4.87. The van der Waals surface area contributed by atoms with Crippen molar-refractivity contribution in [2.75, 3.05) is 13.7 Å². The fourth-order valence-corrected chi connectivity index (χ4v) is 2.08. The summed E-state index contributed by atoms with van der Waals surface area (Å²) < 4.78 is 5.04. The average Bonchev–Trinajstić information content (AvgIpc) is 2.26. The van der Waals surface area contributed by atoms with E-state index in [4.69, 9.17) is 9.84 Å². The Morgan fingerprint density at radius 3 is 2.27 bits per heavy atom. The molecule has 0 aromatic rings. The maximum Gasteiger partial charge on any atom is 0.109 e. The second-order valence-corrected chi connectivity index (χ2v) is 4.12. The standard InChI is InChI=1S/C10H20O5/c1-15-7-4-2-3-6(5-11)8(12)10(14)9(7)13/h6-14H,2-5H2,1H3/t6-,7+,8+,9-,10-/m1/s1. The molecule has 4 N–H and O–H groups in total. The largest absolute Gasteiger partial charge is 0.396 e. The molecule has 0 aliphatic heterocycles. The van der Waals surface area contributed by atoms with Crippen molar-refractivity contribution in [3.63, 3.8) is 0 Å². The molecule has 90 valence electrons. The lowest BCUT2D eigenvalue weighted by Crippen LogP contribution is -2.50. The quantitative estimate of drug-likeness (QED) is 0.473. The minimum absolute atomic E-state index is 0.178. The van der Waals surface area contributed by atoms with E-state index in [-0.39, 0.29) is 12.5 Å². The van der Waals surface area contributed by atoms with Gasteiger partial charge in [0, 0.05) is 19.6 Å². The molecule has 0 saturated heterocycles. The van der Waals surface area contributed by atoms with Crippen LogP contribution in [0.5, 0.6) is 0 Å². The molecule has 0 bridgehead atoms. The van der Waals surface area contributed by atoms with Crippen LogP contribution in [0.4, 0.5) is 0 Å². The first-order valence-electron chi connectivity index (χ1n) is 5.29. The number of aliphatic hydroxyl groups is 4. The van der Waals surface area contributed by atoms with E-state index in [9.17, 15) is 15.3 Å². The number of aliphatic hydroxyl groups excluding tert-OH is 4. The summed E-state index contributed by atoms with van der Waals surface area (Å²) in [4.78, 5) is 0. The first-order valence-corrected chi connectivity index (χ1v) is 5.29. The maximum absolute atomic E-state index is 9.71. The van der Waals surface area contributed by atoms with Crippen LogP contribution in [0, 0.1) is 5.92 Å². The van der Waals surface area contributed by atoms with Crippen LogP contribution in [0.2, 0.25) is 0 Å². The molecule has 1 aliphatic carbocycles. The van der Waals surface area contributed by atoms with Gasteiger partial charge in [-0.15, -0.1) is 0 Å². The zero-order valence-corrected chi connectivity index (χ0v) is 8.91. The van der Waals surface area contributed by atoms with Crippen LogP contribution >= 0.6 is 0 Å². The van der Waals surface area contributed by atoms with Crippen molar-refractivity contribution in [1.29, 1.82) is 0 Å². The first kappa shape index (κ1) is 12.9. The van der Waals surface area contributed by atoms with Gasteiger partial charge in [0.25, 0.3) is 0 Å². The van der Waals surface area contributed by atoms with Gasteiger partial charge in [-0.1, -0.05) is 6.42 Å². The zero-order valence-electron chi connectivity index (χ0n) is 8.91. The van der Waals surface area contributed by atoms with E-state index in [0.29, 0.717) is 12.8 Å². The topological polar surface area (TPSA) is 90.2 Å². The molecule has 1 rings (SSSR count). The van der Waals surface area contributed by atoms with Crippen molar-refractivity contribution < 1.29 is 25.2 Å². The Hall–Kier alpha value is -0.200. The molecule has 5 heteroatoms. The fraction of sp³-hybridized carbons (Fsp3) is 1.00. The van der Waals surface area contributed by atoms with Gasteiger partial charge >= 0.3 is 0 Å². The van der Waals surface area contributed by atoms with E-state index in [2.05, 4.69) is 0 Å². The summed E-state index contributed by atoms with van der Waals surface area (Å²) in [5, 5.41) is 38.1. The highest BCUT2D eigenvalue weighted by Crippen LogP contribution is 2.24. The van der Waals surface area contributed by atoms with Crippen LogP contribution in [-0.2, 0) is 4.74 Å². The summed E-state index contributed by atoms with van der Waals surface area (Å²) in [7, 11) is 1.47. The number of ether oxygens (including phenoxy) is 1. The molecule has 5 nitrogen and oxygen atoms in total. The van der Waals surface area contributed by atoms with Gasteiger partial charge < -0.3 is 25.2 Å². The summed E-state index contributed by atoms with van der Waals surface area (Å²) in [6, 6.07) is 0. The smallest absolute Gasteiger partial charge is 0.109 e. The molecule has 0 radical (unpaired) electrons. The number of rotatable bonds is 2. The maximum atomic E-state index is 9.71. The van der Waals surface area contributed by atoms with Gasteiger partial charge in [0.15, 0.2) is 0 Å². The lowest BCUT2D eigenvalue weighted by molar-refractivity contribution is -0.141. The van der Waals surface area contributed by atoms with Gasteiger partial charge in [0.05, 0.1) is 12.2 Å². The monoisotopic (exact) mass is 220 g/mol. The molecule has 1 aliphatic rings. The number of methoxy groups -OCH3 is 1. The Balaban J connectivity index is 2.69. The minimum atomic E-state index is -1.26. The highest BCUT2D eigenvalue weighted by Gasteiger charge is 2.37. The van der Waals surface area contributed by atoms with Crippen molar-refractivity contribution in [1.82, 2.24) is 0 Å². The summed E-state index contributed by atoms with van der Waals surface area (Å²) in [5.74, 6) is -0.368. The Kier molecular flexibility index (Phi) is 4.95. The second kappa shape index (κ2) is 5.77. The summed E-state index contributed by atoms with van der Waals surface area (Å²) in [5.41, 5.74) is 0. The number of hydrogen-bond donors (Lipinski definition) is 4. The van der Waals surface area contributed by atoms with Crippen LogP contribution in [0.1, 0.15) is 19.3 Å². The molecule has 1 fully saturated rings. The van der Waals surface area contributed by atoms with E-state index in [0.717, 1.165) is 6.42 Å². The first-order chi connectivity index (χ1) is 7.11. The highest BCUT2D eigenvalue weighted by atomic mass is 16.5. The lowest BCUT2D eigenvalue weighted by atomic mass is 9.85. The summed E-state index contributed by atoms with van der Waals surface area (Å²) in [6.45, 7) is -0.178. The molecule has 0 amide bonds. The van der Waals surface area contributed by atoms with Gasteiger partial charge in [0.2, 0.25) is 0 Å². The third kappa shape index (κ3) is 2.89. The predicted molar refractivity (Wildman–Crippen MR) is 53.2 cm³/mol. The van der Waals surface area contributed by atoms with Crippen LogP contribution in [0.15, 0.2) is 0 Å². The van der Waals surface area contributed by atoms with Crippen LogP contribution < -0.4 is 0 Å². The van der Waals surface area contributed by atoms with E-state index in [1.807, 2.05) is 0 Å². The van der Waals surface area contributed by atoms with Crippen molar-refractivity contribution >= 4 is 0 Å². The third-order valence-electron chi connectivity index (χ3n) is 3.16. The molecule has 0 aromatic heterocycles. The van der Waals surface area contributed by atoms with Gasteiger partial charge in [-0.25, -0.2) is 0 Å². The summed E-state index contributed by atoms with van der Waals surface area (Å²) >= 11 is 0. The van der Waals surface area contributed by atoms with E-state index < -0.39 is 24.4 Å². The lowest BCUT2D eigenvalue weighted by Gasteiger charge is -2.34. The van der Waals surface area contributed by atoms with Gasteiger partial charge in [-0.3, -0.25) is 0 Å². The fourth-order valence-electron chi connectivity index (χ4n) is 2.08. The molecule has 0 heterocycles.